The Kier molecular flexibility index (Phi) is 22.2. The highest BCUT2D eigenvalue weighted by molar-refractivity contribution is 5.67. The molecule has 4 aromatic carbocycles. The van der Waals surface area contributed by atoms with Gasteiger partial charge in [-0.2, -0.15) is 30.7 Å². The van der Waals surface area contributed by atoms with Gasteiger partial charge in [0.15, 0.2) is 17.0 Å². The van der Waals surface area contributed by atoms with Gasteiger partial charge in [0.05, 0.1) is 37.6 Å². The van der Waals surface area contributed by atoms with Gasteiger partial charge in [-0.1, -0.05) is 55.8 Å². The molecule has 2 aliphatic heterocycles. The maximum Gasteiger partial charge on any atom is 0.392 e. The summed E-state index contributed by atoms with van der Waals surface area (Å²) in [6.45, 7) is 4.06. The highest BCUT2D eigenvalue weighted by atomic mass is 19.4. The standard InChI is InChI=1S/C32H28F7N9O2.C25H23F4N7O.2CH4.FHO/c33-22-4-7-25(26(34)13-22)30(50,18-48-19-43-44-45-48)32(38,39)28-8-3-21(15-40-28)20-1-5-23(6-2-20)46-9-11-47(12-10-46)24-16-41-29(42-17-24)27(49)14-31(35,36)37;26-19-4-7-21(22(27)13-19)24(37,15-36-16-32-33-34-36)25(28,29)23-8-3-18(14-31-23)17-1-5-20(6-2-17)35-11-9-30-10-12-35;;;1-2/h1-8,13,15-17,19,27,49-50H,9-12,14,18H2;1-8,13-14,16,30,37H,9-12,15H2;2*1H4;2H/t27?,30-;24-;;;/m00.../s1. The summed E-state index contributed by atoms with van der Waals surface area (Å²) in [5.74, 6) is -13.3. The lowest BCUT2D eigenvalue weighted by atomic mass is 9.84. The zero-order chi connectivity index (χ0) is 63.7. The van der Waals surface area contributed by atoms with Crippen molar-refractivity contribution in [2.45, 2.75) is 69.7 Å². The average Bonchev–Trinajstić information content (AvgIpc) is 1.13. The van der Waals surface area contributed by atoms with E-state index in [2.05, 4.69) is 66.1 Å². The van der Waals surface area contributed by atoms with E-state index in [4.69, 9.17) is 9.84 Å². The first kappa shape index (κ1) is 69.2. The molecule has 7 heterocycles. The van der Waals surface area contributed by atoms with Crippen molar-refractivity contribution in [3.8, 4) is 22.3 Å². The molecule has 0 amide bonds. The minimum Gasteiger partial charge on any atom is -0.385 e. The lowest BCUT2D eigenvalue weighted by molar-refractivity contribution is -0.207. The molecule has 2 fully saturated rings. The van der Waals surface area contributed by atoms with Crippen LogP contribution >= 0.6 is 0 Å². The van der Waals surface area contributed by atoms with Gasteiger partial charge in [-0.25, -0.2) is 42.2 Å². The highest BCUT2D eigenvalue weighted by Crippen LogP contribution is 2.49. The number of benzene rings is 4. The van der Waals surface area contributed by atoms with Crippen LogP contribution in [0.1, 0.15) is 55.7 Å². The number of nitrogens with one attached hydrogen (secondary N) is 1. The second-order valence-electron chi connectivity index (χ2n) is 20.4. The summed E-state index contributed by atoms with van der Waals surface area (Å²) in [5, 5.41) is 61.7. The number of aliphatic hydroxyl groups excluding tert-OH is 1. The van der Waals surface area contributed by atoms with E-state index in [0.717, 1.165) is 102 Å². The molecule has 91 heavy (non-hydrogen) atoms. The first-order valence-electron chi connectivity index (χ1n) is 26.9. The number of pyridine rings is 2. The van der Waals surface area contributed by atoms with E-state index in [1.165, 1.54) is 36.9 Å². The first-order valence-corrected chi connectivity index (χ1v) is 26.9. The number of nitrogens with zero attached hydrogens (tertiary/aromatic N) is 15. The molecular formula is C59H60F12N16O4. The fraction of sp³-hybridized carbons (Fsp3) is 0.322. The van der Waals surface area contributed by atoms with Crippen molar-refractivity contribution in [2.24, 2.45) is 0 Å². The summed E-state index contributed by atoms with van der Waals surface area (Å²) in [4.78, 5) is 22.0. The van der Waals surface area contributed by atoms with Crippen molar-refractivity contribution < 1.29 is 73.5 Å². The van der Waals surface area contributed by atoms with Crippen LogP contribution in [0.5, 0.6) is 0 Å². The summed E-state index contributed by atoms with van der Waals surface area (Å²) >= 11 is 0. The predicted molar refractivity (Wildman–Crippen MR) is 307 cm³/mol. The molecule has 2 saturated heterocycles. The lowest BCUT2D eigenvalue weighted by Crippen LogP contribution is -2.48. The van der Waals surface area contributed by atoms with Crippen LogP contribution in [-0.4, -0.2) is 140 Å². The fourth-order valence-electron chi connectivity index (χ4n) is 10.1. The largest absolute Gasteiger partial charge is 0.392 e. The Morgan fingerprint density at radius 3 is 1.21 bits per heavy atom. The Bertz CT molecular complexity index is 3720. The fourth-order valence-corrected chi connectivity index (χ4v) is 10.1. The maximum absolute atomic E-state index is 16.1. The monoisotopic (exact) mass is 1280 g/mol. The van der Waals surface area contributed by atoms with E-state index in [9.17, 15) is 46.1 Å². The van der Waals surface area contributed by atoms with Crippen LogP contribution < -0.4 is 20.0 Å². The summed E-state index contributed by atoms with van der Waals surface area (Å²) < 4.78 is 168. The normalized spacial score (nSPS) is 15.3. The number of piperazine rings is 2. The molecule has 11 rings (SSSR count). The van der Waals surface area contributed by atoms with Gasteiger partial charge < -0.3 is 35.3 Å². The van der Waals surface area contributed by atoms with Gasteiger partial charge in [0.25, 0.3) is 0 Å². The smallest absolute Gasteiger partial charge is 0.385 e. The van der Waals surface area contributed by atoms with Crippen molar-refractivity contribution in [2.75, 3.05) is 67.1 Å². The van der Waals surface area contributed by atoms with Gasteiger partial charge in [-0.05, 0) is 92.6 Å². The summed E-state index contributed by atoms with van der Waals surface area (Å²) in [5.41, 5.74) is -4.71. The van der Waals surface area contributed by atoms with Gasteiger partial charge >= 0.3 is 18.0 Å². The van der Waals surface area contributed by atoms with Crippen LogP contribution in [0.15, 0.2) is 147 Å². The average molecular weight is 1290 g/mol. The zero-order valence-corrected chi connectivity index (χ0v) is 46.2. The number of hydrogen-bond donors (Lipinski definition) is 5. The second kappa shape index (κ2) is 29.1. The third-order valence-corrected chi connectivity index (χ3v) is 14.8. The molecular weight excluding hydrogens is 1220 g/mol. The number of rotatable bonds is 17. The van der Waals surface area contributed by atoms with Crippen molar-refractivity contribution in [3.63, 3.8) is 0 Å². The highest BCUT2D eigenvalue weighted by Gasteiger charge is 2.59. The molecule has 32 heteroatoms. The summed E-state index contributed by atoms with van der Waals surface area (Å²) in [6, 6.07) is 23.8. The van der Waals surface area contributed by atoms with Gasteiger partial charge in [-0.3, -0.25) is 9.97 Å². The third kappa shape index (κ3) is 15.5. The number of aromatic nitrogens is 12. The SMILES string of the molecule is C.C.OC(CC(F)(F)F)c1ncc(N2CCN(c3ccc(-c4ccc(C(F)(F)[C@](O)(Cn5cnnn5)c5ccc(F)cc5F)nc4)cc3)CC2)cn1.OF.O[C@@](Cn1cnnn1)(c1ccc(F)cc1F)C(F)(F)c1ccc(-c2ccc(N3CCNCC3)cc2)cn1. The Labute approximate surface area is 512 Å². The number of anilines is 3. The van der Waals surface area contributed by atoms with E-state index >= 15 is 17.6 Å². The Hall–Kier alpha value is -9.24. The molecule has 0 spiro atoms. The number of halogens is 12. The Balaban J connectivity index is 0.000000256. The van der Waals surface area contributed by atoms with Crippen LogP contribution in [0, 0.1) is 23.3 Å². The molecule has 3 atom stereocenters. The number of hydrogen-bond acceptors (Lipinski definition) is 18. The molecule has 5 N–H and O–H groups in total. The van der Waals surface area contributed by atoms with Crippen molar-refractivity contribution >= 4 is 17.1 Å². The topological polar surface area (TPSA) is 241 Å². The van der Waals surface area contributed by atoms with E-state index < -0.39 is 101 Å². The molecule has 0 radical (unpaired) electrons. The maximum atomic E-state index is 16.1. The van der Waals surface area contributed by atoms with Gasteiger partial charge in [0.1, 0.15) is 53.4 Å². The molecule has 0 saturated carbocycles. The third-order valence-electron chi connectivity index (χ3n) is 14.8. The Morgan fingerprint density at radius 1 is 0.473 bits per heavy atom. The molecule has 5 aromatic heterocycles. The molecule has 20 nitrogen and oxygen atoms in total. The predicted octanol–water partition coefficient (Wildman–Crippen LogP) is 9.03. The minimum absolute atomic E-state index is 0. The van der Waals surface area contributed by atoms with Gasteiger partial charge in [0.2, 0.25) is 0 Å². The lowest BCUT2D eigenvalue weighted by Gasteiger charge is -2.37. The molecule has 9 aromatic rings. The first-order chi connectivity index (χ1) is 42.5. The van der Waals surface area contributed by atoms with Crippen LogP contribution in [0.3, 0.4) is 0 Å². The van der Waals surface area contributed by atoms with E-state index in [-0.39, 0.29) is 20.7 Å². The summed E-state index contributed by atoms with van der Waals surface area (Å²) in [7, 11) is 0. The quantitative estimate of drug-likeness (QED) is 0.0534. The van der Waals surface area contributed by atoms with Crippen molar-refractivity contribution in [1.29, 1.82) is 0 Å². The van der Waals surface area contributed by atoms with Gasteiger partial charge in [0, 0.05) is 111 Å². The van der Waals surface area contributed by atoms with E-state index in [0.29, 0.717) is 60.7 Å². The van der Waals surface area contributed by atoms with Crippen LogP contribution in [0.4, 0.5) is 69.9 Å². The van der Waals surface area contributed by atoms with Crippen molar-refractivity contribution in [3.05, 3.63) is 198 Å². The zero-order valence-electron chi connectivity index (χ0n) is 46.2. The molecule has 484 valence electrons. The molecule has 0 aliphatic carbocycles. The number of tetrazole rings is 2. The molecule has 0 bridgehead atoms. The molecule has 2 aliphatic rings. The van der Waals surface area contributed by atoms with Crippen LogP contribution in [0.25, 0.3) is 22.3 Å². The van der Waals surface area contributed by atoms with E-state index in [1.807, 2.05) is 41.3 Å². The van der Waals surface area contributed by atoms with Gasteiger partial charge in [-0.15, -0.1) is 10.2 Å². The number of aliphatic hydroxyl groups is 3. The number of alkyl halides is 7. The minimum atomic E-state index is -4.54. The van der Waals surface area contributed by atoms with Crippen LogP contribution in [-0.2, 0) is 36.1 Å². The Morgan fingerprint density at radius 2 is 0.857 bits per heavy atom. The van der Waals surface area contributed by atoms with E-state index in [1.54, 1.807) is 12.1 Å². The van der Waals surface area contributed by atoms with Crippen molar-refractivity contribution in [1.82, 2.24) is 65.7 Å². The second-order valence-corrected chi connectivity index (χ2v) is 20.4. The van der Waals surface area contributed by atoms with Crippen LogP contribution in [0.2, 0.25) is 0 Å². The summed E-state index contributed by atoms with van der Waals surface area (Å²) in [6.07, 6.45) is -0.609. The molecule has 1 unspecified atom stereocenters.